The van der Waals surface area contributed by atoms with Crippen LogP contribution in [0.1, 0.15) is 27.2 Å². The molecule has 5 atom stereocenters. The summed E-state index contributed by atoms with van der Waals surface area (Å²) in [5, 5.41) is 29.4. The van der Waals surface area contributed by atoms with Crippen molar-refractivity contribution in [2.75, 3.05) is 0 Å². The fourth-order valence-electron chi connectivity index (χ4n) is 3.76. The molecule has 0 bridgehead atoms. The minimum Gasteiger partial charge on any atom is -0.481 e. The first kappa shape index (κ1) is 18.5. The van der Waals surface area contributed by atoms with Crippen molar-refractivity contribution in [3.63, 3.8) is 0 Å². The average Bonchev–Trinajstić information content (AvgIpc) is 2.89. The number of aliphatic carboxylic acids is 2. The highest BCUT2D eigenvalue weighted by Crippen LogP contribution is 2.65. The Morgan fingerprint density at radius 2 is 2.08 bits per heavy atom. The van der Waals surface area contributed by atoms with Crippen LogP contribution in [-0.2, 0) is 14.3 Å². The van der Waals surface area contributed by atoms with Gasteiger partial charge in [0.15, 0.2) is 5.16 Å². The Balaban J connectivity index is 1.85. The zero-order chi connectivity index (χ0) is 19.3. The van der Waals surface area contributed by atoms with Gasteiger partial charge in [0, 0.05) is 11.2 Å². The molecular weight excluding hydrogens is 364 g/mol. The van der Waals surface area contributed by atoms with E-state index in [9.17, 15) is 24.6 Å². The molecular formula is C15H20N4O6S. The highest BCUT2D eigenvalue weighted by Gasteiger charge is 2.76. The number of nitrogens with zero attached hydrogens (tertiary/aromatic N) is 2. The number of alkyl carbamates (subject to hydrolysis) is 1. The molecule has 2 aliphatic carbocycles. The van der Waals surface area contributed by atoms with Gasteiger partial charge < -0.3 is 25.3 Å². The molecule has 2 aliphatic rings. The maximum atomic E-state index is 12.2. The third kappa shape index (κ3) is 3.22. The first-order chi connectivity index (χ1) is 12.0. The van der Waals surface area contributed by atoms with Gasteiger partial charge in [0.2, 0.25) is 0 Å². The lowest BCUT2D eigenvalue weighted by Crippen LogP contribution is -2.57. The van der Waals surface area contributed by atoms with Gasteiger partial charge in [-0.15, -0.1) is 10.2 Å². The maximum absolute atomic E-state index is 12.2. The zero-order valence-electron chi connectivity index (χ0n) is 14.4. The van der Waals surface area contributed by atoms with Crippen molar-refractivity contribution >= 4 is 29.8 Å². The van der Waals surface area contributed by atoms with Gasteiger partial charge in [0.25, 0.3) is 0 Å². The summed E-state index contributed by atoms with van der Waals surface area (Å²) in [4.78, 5) is 38.7. The van der Waals surface area contributed by atoms with Crippen LogP contribution in [0.25, 0.3) is 0 Å². The highest BCUT2D eigenvalue weighted by molar-refractivity contribution is 7.99. The monoisotopic (exact) mass is 384 g/mol. The van der Waals surface area contributed by atoms with E-state index in [4.69, 9.17) is 4.74 Å². The van der Waals surface area contributed by atoms with E-state index in [0.29, 0.717) is 5.16 Å². The van der Waals surface area contributed by atoms with Crippen LogP contribution in [0.15, 0.2) is 11.5 Å². The Hall–Kier alpha value is -2.30. The third-order valence-electron chi connectivity index (χ3n) is 4.64. The normalized spacial score (nSPS) is 32.6. The molecule has 0 aliphatic heterocycles. The molecule has 1 heterocycles. The number of thioether (sulfide) groups is 1. The minimum absolute atomic E-state index is 0.0755. The Bertz CT molecular complexity index is 733. The molecule has 26 heavy (non-hydrogen) atoms. The van der Waals surface area contributed by atoms with Crippen molar-refractivity contribution in [2.24, 2.45) is 17.8 Å². The molecule has 4 N–H and O–H groups in total. The predicted molar refractivity (Wildman–Crippen MR) is 88.5 cm³/mol. The number of H-pyrrole nitrogens is 1. The summed E-state index contributed by atoms with van der Waals surface area (Å²) in [6, 6.07) is 0. The Labute approximate surface area is 153 Å². The van der Waals surface area contributed by atoms with Crippen LogP contribution in [0.2, 0.25) is 0 Å². The summed E-state index contributed by atoms with van der Waals surface area (Å²) in [7, 11) is 0. The second-order valence-corrected chi connectivity index (χ2v) is 8.75. The minimum atomic E-state index is -1.69. The molecule has 142 valence electrons. The van der Waals surface area contributed by atoms with E-state index in [1.807, 2.05) is 0 Å². The molecule has 2 fully saturated rings. The van der Waals surface area contributed by atoms with E-state index in [2.05, 4.69) is 20.5 Å². The van der Waals surface area contributed by atoms with Gasteiger partial charge in [0.05, 0.1) is 5.92 Å². The summed E-state index contributed by atoms with van der Waals surface area (Å²) in [6.07, 6.45) is 0.589. The van der Waals surface area contributed by atoms with Crippen molar-refractivity contribution in [3.05, 3.63) is 6.33 Å². The number of aromatic amines is 1. The Morgan fingerprint density at radius 1 is 1.38 bits per heavy atom. The smallest absolute Gasteiger partial charge is 0.408 e. The topological polar surface area (TPSA) is 154 Å². The average molecular weight is 384 g/mol. The molecule has 1 amide bonds. The molecule has 0 radical (unpaired) electrons. The van der Waals surface area contributed by atoms with Crippen molar-refractivity contribution in [1.82, 2.24) is 20.5 Å². The summed E-state index contributed by atoms with van der Waals surface area (Å²) in [6.45, 7) is 4.99. The van der Waals surface area contributed by atoms with Crippen molar-refractivity contribution in [2.45, 2.75) is 48.7 Å². The lowest BCUT2D eigenvalue weighted by Gasteiger charge is -2.31. The molecule has 0 aromatic carbocycles. The van der Waals surface area contributed by atoms with Gasteiger partial charge in [-0.1, -0.05) is 11.8 Å². The maximum Gasteiger partial charge on any atom is 0.408 e. The van der Waals surface area contributed by atoms with Gasteiger partial charge in [-0.05, 0) is 33.1 Å². The number of nitrogens with one attached hydrogen (secondary N) is 2. The van der Waals surface area contributed by atoms with E-state index in [1.54, 1.807) is 20.8 Å². The molecule has 10 nitrogen and oxygen atoms in total. The van der Waals surface area contributed by atoms with E-state index in [0.717, 1.165) is 0 Å². The van der Waals surface area contributed by atoms with Gasteiger partial charge in [-0.3, -0.25) is 4.79 Å². The summed E-state index contributed by atoms with van der Waals surface area (Å²) in [5.74, 6) is -4.25. The first-order valence-corrected chi connectivity index (χ1v) is 8.93. The van der Waals surface area contributed by atoms with Crippen LogP contribution in [0.3, 0.4) is 0 Å². The third-order valence-corrected chi connectivity index (χ3v) is 5.85. The van der Waals surface area contributed by atoms with Crippen LogP contribution in [-0.4, -0.2) is 59.8 Å². The van der Waals surface area contributed by atoms with Gasteiger partial charge >= 0.3 is 18.0 Å². The summed E-state index contributed by atoms with van der Waals surface area (Å²) >= 11 is 1.24. The number of hydrogen-bond donors (Lipinski definition) is 4. The Morgan fingerprint density at radius 3 is 2.58 bits per heavy atom. The number of carbonyl (C=O) groups excluding carboxylic acids is 1. The van der Waals surface area contributed by atoms with E-state index in [-0.39, 0.29) is 17.6 Å². The molecule has 0 unspecified atom stereocenters. The zero-order valence-corrected chi connectivity index (χ0v) is 15.2. The lowest BCUT2D eigenvalue weighted by molar-refractivity contribution is -0.147. The second kappa shape index (κ2) is 6.15. The van der Waals surface area contributed by atoms with Crippen LogP contribution >= 0.6 is 11.8 Å². The summed E-state index contributed by atoms with van der Waals surface area (Å²) in [5.41, 5.74) is -2.49. The number of ether oxygens (including phenoxy) is 1. The standard InChI is InChI=1S/C15H20N4O6S/c1-14(2,3)25-13(24)18-15(11(22)23)4-6(26-12-16-5-17-19-12)7-8(9(7)15)10(20)21/h5-9H,4H2,1-3H3,(H,18,24)(H,20,21)(H,22,23)(H,16,17,19)/t6-,7-,8-,9-,15-/m0/s1. The van der Waals surface area contributed by atoms with Crippen LogP contribution < -0.4 is 5.32 Å². The Kier molecular flexibility index (Phi) is 4.37. The molecule has 1 aromatic heterocycles. The number of rotatable bonds is 5. The molecule has 11 heteroatoms. The number of carboxylic acids is 2. The molecule has 3 rings (SSSR count). The highest BCUT2D eigenvalue weighted by atomic mass is 32.2. The fourth-order valence-corrected chi connectivity index (χ4v) is 5.10. The van der Waals surface area contributed by atoms with E-state index >= 15 is 0 Å². The fraction of sp³-hybridized carbons (Fsp3) is 0.667. The van der Waals surface area contributed by atoms with Gasteiger partial charge in [0.1, 0.15) is 17.5 Å². The summed E-state index contributed by atoms with van der Waals surface area (Å²) < 4.78 is 5.18. The largest absolute Gasteiger partial charge is 0.481 e. The van der Waals surface area contributed by atoms with Crippen molar-refractivity contribution < 1.29 is 29.3 Å². The predicted octanol–water partition coefficient (Wildman–Crippen LogP) is 0.964. The second-order valence-electron chi connectivity index (χ2n) is 7.53. The van der Waals surface area contributed by atoms with E-state index < -0.39 is 41.0 Å². The number of carboxylic acid groups (broad SMARTS) is 2. The van der Waals surface area contributed by atoms with Crippen molar-refractivity contribution in [3.8, 4) is 0 Å². The first-order valence-electron chi connectivity index (χ1n) is 8.05. The van der Waals surface area contributed by atoms with Crippen LogP contribution in [0, 0.1) is 17.8 Å². The number of aromatic nitrogens is 3. The SMILES string of the molecule is CC(C)(C)OC(=O)N[C@@]1(C(=O)O)C[C@H](Sc2nnc[nH]2)[C@H]2[C@H](C(=O)O)[C@H]21. The van der Waals surface area contributed by atoms with Crippen molar-refractivity contribution in [1.29, 1.82) is 0 Å². The van der Waals surface area contributed by atoms with Gasteiger partial charge in [-0.2, -0.15) is 0 Å². The number of amides is 1. The molecule has 2 saturated carbocycles. The van der Waals surface area contributed by atoms with Crippen LogP contribution in [0.4, 0.5) is 4.79 Å². The number of hydrogen-bond acceptors (Lipinski definition) is 7. The number of carbonyl (C=O) groups is 3. The lowest BCUT2D eigenvalue weighted by atomic mass is 9.90. The quantitative estimate of drug-likeness (QED) is 0.581. The van der Waals surface area contributed by atoms with E-state index in [1.165, 1.54) is 18.1 Å². The molecule has 1 aromatic rings. The van der Waals surface area contributed by atoms with Crippen LogP contribution in [0.5, 0.6) is 0 Å². The molecule has 0 saturated heterocycles. The number of fused-ring (bicyclic) bond motifs is 1. The molecule has 0 spiro atoms. The van der Waals surface area contributed by atoms with Gasteiger partial charge in [-0.25, -0.2) is 9.59 Å².